The molecule has 0 bridgehead atoms. The van der Waals surface area contributed by atoms with E-state index in [2.05, 4.69) is 4.98 Å². The van der Waals surface area contributed by atoms with Gasteiger partial charge in [0, 0.05) is 18.8 Å². The molecule has 4 nitrogen and oxygen atoms in total. The highest BCUT2D eigenvalue weighted by atomic mass is 32.2. The summed E-state index contributed by atoms with van der Waals surface area (Å²) in [5.41, 5.74) is -0.471. The molecular weight excluding hydrogens is 387 g/mol. The van der Waals surface area contributed by atoms with Crippen molar-refractivity contribution >= 4 is 17.7 Å². The zero-order valence-corrected chi connectivity index (χ0v) is 16.6. The van der Waals surface area contributed by atoms with Crippen molar-refractivity contribution in [3.8, 4) is 6.07 Å². The second kappa shape index (κ2) is 9.11. The first-order valence-electron chi connectivity index (χ1n) is 8.65. The molecule has 0 N–H and O–H groups in total. The molecule has 0 saturated carbocycles. The van der Waals surface area contributed by atoms with Gasteiger partial charge in [0.25, 0.3) is 0 Å². The highest BCUT2D eigenvalue weighted by Gasteiger charge is 2.36. The average Bonchev–Trinajstić information content (AvgIpc) is 2.65. The maximum atomic E-state index is 13.3. The van der Waals surface area contributed by atoms with E-state index >= 15 is 0 Å². The van der Waals surface area contributed by atoms with E-state index in [1.165, 1.54) is 6.92 Å². The summed E-state index contributed by atoms with van der Waals surface area (Å²) in [4.78, 5) is 18.5. The number of hydrogen-bond acceptors (Lipinski definition) is 4. The molecule has 0 spiro atoms. The van der Waals surface area contributed by atoms with Crippen LogP contribution in [0.2, 0.25) is 0 Å². The van der Waals surface area contributed by atoms with Crippen molar-refractivity contribution in [1.82, 2.24) is 9.88 Å². The lowest BCUT2D eigenvalue weighted by Gasteiger charge is -2.24. The van der Waals surface area contributed by atoms with Crippen molar-refractivity contribution in [2.75, 3.05) is 6.54 Å². The molecule has 0 aliphatic rings. The van der Waals surface area contributed by atoms with Crippen molar-refractivity contribution in [2.45, 2.75) is 43.8 Å². The monoisotopic (exact) mass is 407 g/mol. The molecule has 2 aromatic rings. The van der Waals surface area contributed by atoms with Gasteiger partial charge in [-0.25, -0.2) is 4.98 Å². The quantitative estimate of drug-likeness (QED) is 0.645. The molecule has 8 heteroatoms. The number of thioether (sulfide) groups is 1. The highest BCUT2D eigenvalue weighted by molar-refractivity contribution is 8.00. The Bertz CT molecular complexity index is 879. The third-order valence-electron chi connectivity index (χ3n) is 4.08. The third-order valence-corrected chi connectivity index (χ3v) is 5.15. The maximum Gasteiger partial charge on any atom is 0.417 e. The molecule has 0 saturated heterocycles. The Balaban J connectivity index is 2.26. The Morgan fingerprint density at radius 3 is 2.50 bits per heavy atom. The number of pyridine rings is 1. The van der Waals surface area contributed by atoms with Gasteiger partial charge >= 0.3 is 6.18 Å². The highest BCUT2D eigenvalue weighted by Crippen LogP contribution is 2.37. The molecule has 148 valence electrons. The number of aryl methyl sites for hydroxylation is 1. The molecule has 0 fully saturated rings. The van der Waals surface area contributed by atoms with Crippen molar-refractivity contribution in [3.05, 3.63) is 58.8 Å². The van der Waals surface area contributed by atoms with Crippen LogP contribution in [0.1, 0.15) is 36.2 Å². The fraction of sp³-hybridized carbons (Fsp3) is 0.350. The van der Waals surface area contributed by atoms with E-state index in [4.69, 9.17) is 0 Å². The molecule has 28 heavy (non-hydrogen) atoms. The number of carbonyl (C=O) groups is 1. The minimum atomic E-state index is -4.66. The number of rotatable bonds is 6. The van der Waals surface area contributed by atoms with E-state index in [0.717, 1.165) is 23.4 Å². The van der Waals surface area contributed by atoms with Gasteiger partial charge in [-0.1, -0.05) is 42.1 Å². The van der Waals surface area contributed by atoms with E-state index in [-0.39, 0.29) is 16.6 Å². The van der Waals surface area contributed by atoms with Crippen LogP contribution >= 0.6 is 11.8 Å². The van der Waals surface area contributed by atoms with Gasteiger partial charge in [-0.3, -0.25) is 4.79 Å². The molecule has 1 aromatic carbocycles. The van der Waals surface area contributed by atoms with E-state index < -0.39 is 22.6 Å². The summed E-state index contributed by atoms with van der Waals surface area (Å²) in [6.45, 7) is 5.74. The maximum absolute atomic E-state index is 13.3. The number of amides is 1. The molecule has 1 atom stereocenters. The smallest absolute Gasteiger partial charge is 0.338 e. The number of hydrogen-bond donors (Lipinski definition) is 0. The van der Waals surface area contributed by atoms with Crippen molar-refractivity contribution in [2.24, 2.45) is 0 Å². The lowest BCUT2D eigenvalue weighted by molar-refractivity contribution is -0.138. The fourth-order valence-corrected chi connectivity index (χ4v) is 3.74. The second-order valence-corrected chi connectivity index (χ2v) is 7.53. The molecule has 2 rings (SSSR count). The Hall–Kier alpha value is -2.53. The molecule has 1 heterocycles. The molecule has 1 aromatic heterocycles. The van der Waals surface area contributed by atoms with E-state index in [0.29, 0.717) is 13.1 Å². The summed E-state index contributed by atoms with van der Waals surface area (Å²) in [5, 5.41) is 8.49. The standard InChI is InChI=1S/C20H20F3N3OS/c1-4-26(12-15-8-6-5-7-9-15)19(27)14(3)28-18-16(11-24)17(20(21,22)23)10-13(2)25-18/h5-10,14H,4,12H2,1-3H3. The van der Waals surface area contributed by atoms with E-state index in [1.807, 2.05) is 37.3 Å². The molecule has 0 radical (unpaired) electrons. The Labute approximate surface area is 166 Å². The lowest BCUT2D eigenvalue weighted by atomic mass is 10.1. The van der Waals surface area contributed by atoms with Crippen LogP contribution in [0.3, 0.4) is 0 Å². The van der Waals surface area contributed by atoms with Crippen molar-refractivity contribution in [1.29, 1.82) is 5.26 Å². The predicted molar refractivity (Wildman–Crippen MR) is 102 cm³/mol. The van der Waals surface area contributed by atoms with Crippen LogP contribution in [0.4, 0.5) is 13.2 Å². The van der Waals surface area contributed by atoms with Crippen LogP contribution in [0, 0.1) is 18.3 Å². The Kier molecular flexibility index (Phi) is 7.08. The van der Waals surface area contributed by atoms with Gasteiger partial charge in [0.1, 0.15) is 11.1 Å². The Morgan fingerprint density at radius 1 is 1.32 bits per heavy atom. The largest absolute Gasteiger partial charge is 0.417 e. The normalized spacial score (nSPS) is 12.3. The van der Waals surface area contributed by atoms with Gasteiger partial charge in [-0.2, -0.15) is 18.4 Å². The summed E-state index contributed by atoms with van der Waals surface area (Å²) < 4.78 is 39.8. The summed E-state index contributed by atoms with van der Waals surface area (Å²) in [6.07, 6.45) is -4.66. The van der Waals surface area contributed by atoms with Crippen LogP contribution < -0.4 is 0 Å². The number of nitrogens with zero attached hydrogens (tertiary/aromatic N) is 3. The zero-order chi connectivity index (χ0) is 20.9. The topological polar surface area (TPSA) is 57.0 Å². The van der Waals surface area contributed by atoms with Gasteiger partial charge in [-0.05, 0) is 32.4 Å². The number of aromatic nitrogens is 1. The van der Waals surface area contributed by atoms with Crippen LogP contribution in [-0.4, -0.2) is 27.6 Å². The van der Waals surface area contributed by atoms with Gasteiger partial charge < -0.3 is 4.90 Å². The first-order valence-corrected chi connectivity index (χ1v) is 9.53. The van der Waals surface area contributed by atoms with Gasteiger partial charge in [0.15, 0.2) is 0 Å². The summed E-state index contributed by atoms with van der Waals surface area (Å²) >= 11 is 0.877. The third kappa shape index (κ3) is 5.26. The molecular formula is C20H20F3N3OS. The summed E-state index contributed by atoms with van der Waals surface area (Å²) in [7, 11) is 0. The fourth-order valence-electron chi connectivity index (χ4n) is 2.69. The summed E-state index contributed by atoms with van der Waals surface area (Å²) in [5.74, 6) is -0.225. The number of carbonyl (C=O) groups excluding carboxylic acids is 1. The second-order valence-electron chi connectivity index (χ2n) is 6.20. The van der Waals surface area contributed by atoms with E-state index in [1.54, 1.807) is 17.9 Å². The van der Waals surface area contributed by atoms with Crippen molar-refractivity contribution in [3.63, 3.8) is 0 Å². The minimum Gasteiger partial charge on any atom is -0.338 e. The van der Waals surface area contributed by atoms with Gasteiger partial charge in [0.05, 0.1) is 16.4 Å². The SMILES string of the molecule is CCN(Cc1ccccc1)C(=O)C(C)Sc1nc(C)cc(C(F)(F)F)c1C#N. The first kappa shape index (κ1) is 21.8. The predicted octanol–water partition coefficient (Wildman–Crippen LogP) is 4.81. The average molecular weight is 407 g/mol. The lowest BCUT2D eigenvalue weighted by Crippen LogP contribution is -2.36. The number of alkyl halides is 3. The van der Waals surface area contributed by atoms with Crippen molar-refractivity contribution < 1.29 is 18.0 Å². The van der Waals surface area contributed by atoms with Crippen LogP contribution in [0.5, 0.6) is 0 Å². The first-order chi connectivity index (χ1) is 13.2. The number of benzene rings is 1. The molecule has 0 aliphatic heterocycles. The van der Waals surface area contributed by atoms with Gasteiger partial charge in [0.2, 0.25) is 5.91 Å². The van der Waals surface area contributed by atoms with Crippen LogP contribution in [0.25, 0.3) is 0 Å². The van der Waals surface area contributed by atoms with Crippen LogP contribution in [0.15, 0.2) is 41.4 Å². The molecule has 0 aliphatic carbocycles. The number of halogens is 3. The summed E-state index contributed by atoms with van der Waals surface area (Å²) in [6, 6.07) is 11.9. The Morgan fingerprint density at radius 2 is 1.96 bits per heavy atom. The van der Waals surface area contributed by atoms with Crippen LogP contribution in [-0.2, 0) is 17.5 Å². The molecule has 1 amide bonds. The van der Waals surface area contributed by atoms with E-state index in [9.17, 15) is 23.2 Å². The molecule has 1 unspecified atom stereocenters. The number of nitriles is 1. The minimum absolute atomic E-state index is 0.0774. The van der Waals surface area contributed by atoms with Gasteiger partial charge in [-0.15, -0.1) is 0 Å². The zero-order valence-electron chi connectivity index (χ0n) is 15.7.